The number of nitriles is 1. The zero-order valence-electron chi connectivity index (χ0n) is 5.87. The first-order chi connectivity index (χ1) is 5.24. The van der Waals surface area contributed by atoms with E-state index in [2.05, 4.69) is 9.89 Å². The highest BCUT2D eigenvalue weighted by Gasteiger charge is 2.04. The predicted octanol–water partition coefficient (Wildman–Crippen LogP) is 0.0438. The number of amidine groups is 1. The number of ether oxygens (including phenoxy) is 1. The Morgan fingerprint density at radius 2 is 2.55 bits per heavy atom. The number of rotatable bonds is 1. The molecule has 0 aliphatic heterocycles. The first kappa shape index (κ1) is 9.23. The van der Waals surface area contributed by atoms with Gasteiger partial charge in [0, 0.05) is 0 Å². The standard InChI is InChI=1S/C5H7N3O3/c1-2-11-5(9)7-4(3-6)8-10/h10H,2H2,1H3,(H,7,8,9). The topological polar surface area (TPSA) is 94.7 Å². The van der Waals surface area contributed by atoms with Gasteiger partial charge in [-0.15, -0.1) is 0 Å². The maximum atomic E-state index is 10.5. The molecule has 0 aromatic heterocycles. The number of amides is 1. The summed E-state index contributed by atoms with van der Waals surface area (Å²) in [6.07, 6.45) is -0.818. The minimum atomic E-state index is -0.818. The van der Waals surface area contributed by atoms with Gasteiger partial charge in [0.05, 0.1) is 6.61 Å². The zero-order chi connectivity index (χ0) is 8.69. The van der Waals surface area contributed by atoms with Gasteiger partial charge >= 0.3 is 6.09 Å². The van der Waals surface area contributed by atoms with Crippen molar-refractivity contribution in [1.82, 2.24) is 5.32 Å². The van der Waals surface area contributed by atoms with Crippen molar-refractivity contribution in [3.8, 4) is 6.07 Å². The van der Waals surface area contributed by atoms with Crippen LogP contribution in [0.4, 0.5) is 4.79 Å². The van der Waals surface area contributed by atoms with Crippen LogP contribution in [0.25, 0.3) is 0 Å². The van der Waals surface area contributed by atoms with Gasteiger partial charge in [-0.3, -0.25) is 5.32 Å². The molecule has 0 unspecified atom stereocenters. The lowest BCUT2D eigenvalue weighted by molar-refractivity contribution is 0.157. The van der Waals surface area contributed by atoms with Crippen molar-refractivity contribution in [2.24, 2.45) is 5.16 Å². The summed E-state index contributed by atoms with van der Waals surface area (Å²) in [6, 6.07) is 1.43. The molecule has 11 heavy (non-hydrogen) atoms. The van der Waals surface area contributed by atoms with E-state index in [9.17, 15) is 4.79 Å². The fourth-order valence-corrected chi connectivity index (χ4v) is 0.339. The SMILES string of the molecule is CCOC(=O)N/C(C#N)=N\O. The number of nitrogens with one attached hydrogen (secondary N) is 1. The first-order valence-electron chi connectivity index (χ1n) is 2.80. The number of nitrogens with zero attached hydrogens (tertiary/aromatic N) is 2. The van der Waals surface area contributed by atoms with Crippen molar-refractivity contribution in [2.45, 2.75) is 6.92 Å². The average Bonchev–Trinajstić information content (AvgIpc) is 2.01. The van der Waals surface area contributed by atoms with E-state index in [0.29, 0.717) is 0 Å². The van der Waals surface area contributed by atoms with Crippen LogP contribution in [0.5, 0.6) is 0 Å². The summed E-state index contributed by atoms with van der Waals surface area (Å²) in [5.74, 6) is -0.497. The zero-order valence-corrected chi connectivity index (χ0v) is 5.87. The summed E-state index contributed by atoms with van der Waals surface area (Å²) in [5.41, 5.74) is 0. The van der Waals surface area contributed by atoms with Crippen molar-refractivity contribution in [1.29, 1.82) is 5.26 Å². The van der Waals surface area contributed by atoms with Crippen molar-refractivity contribution in [3.63, 3.8) is 0 Å². The normalized spacial score (nSPS) is 10.0. The lowest BCUT2D eigenvalue weighted by atomic mass is 10.6. The molecule has 0 aromatic carbocycles. The third-order valence-electron chi connectivity index (χ3n) is 0.702. The van der Waals surface area contributed by atoms with Gasteiger partial charge < -0.3 is 9.94 Å². The van der Waals surface area contributed by atoms with E-state index in [0.717, 1.165) is 0 Å². The molecule has 0 rings (SSSR count). The number of oxime groups is 1. The van der Waals surface area contributed by atoms with Gasteiger partial charge in [0.15, 0.2) is 0 Å². The Morgan fingerprint density at radius 1 is 1.91 bits per heavy atom. The lowest BCUT2D eigenvalue weighted by Gasteiger charge is -1.99. The summed E-state index contributed by atoms with van der Waals surface area (Å²) in [6.45, 7) is 1.80. The van der Waals surface area contributed by atoms with Gasteiger partial charge in [0.2, 0.25) is 0 Å². The number of hydrogen-bond donors (Lipinski definition) is 2. The van der Waals surface area contributed by atoms with E-state index in [4.69, 9.17) is 10.5 Å². The Morgan fingerprint density at radius 3 is 2.91 bits per heavy atom. The van der Waals surface area contributed by atoms with Crippen LogP contribution in [0.2, 0.25) is 0 Å². The summed E-state index contributed by atoms with van der Waals surface area (Å²) < 4.78 is 4.38. The minimum absolute atomic E-state index is 0.190. The molecular formula is C5H7N3O3. The summed E-state index contributed by atoms with van der Waals surface area (Å²) >= 11 is 0. The van der Waals surface area contributed by atoms with Gasteiger partial charge in [-0.25, -0.2) is 4.79 Å². The molecule has 0 heterocycles. The third-order valence-corrected chi connectivity index (χ3v) is 0.702. The Labute approximate surface area is 63.1 Å². The Hall–Kier alpha value is -1.77. The molecule has 6 nitrogen and oxygen atoms in total. The van der Waals surface area contributed by atoms with Crippen LogP contribution in [0.3, 0.4) is 0 Å². The lowest BCUT2D eigenvalue weighted by Crippen LogP contribution is -2.29. The molecule has 2 N–H and O–H groups in total. The van der Waals surface area contributed by atoms with E-state index in [1.165, 1.54) is 6.07 Å². The first-order valence-corrected chi connectivity index (χ1v) is 2.80. The fourth-order valence-electron chi connectivity index (χ4n) is 0.339. The van der Waals surface area contributed by atoms with Crippen LogP contribution in [-0.4, -0.2) is 23.7 Å². The number of carbonyl (C=O) groups is 1. The minimum Gasteiger partial charge on any atom is -0.450 e. The molecule has 6 heteroatoms. The average molecular weight is 157 g/mol. The van der Waals surface area contributed by atoms with Crippen LogP contribution < -0.4 is 5.32 Å². The van der Waals surface area contributed by atoms with Crippen LogP contribution in [0.15, 0.2) is 5.16 Å². The molecule has 0 fully saturated rings. The van der Waals surface area contributed by atoms with E-state index in [1.54, 1.807) is 6.92 Å². The molecule has 0 aromatic rings. The van der Waals surface area contributed by atoms with Gasteiger partial charge in [-0.05, 0) is 6.92 Å². The highest BCUT2D eigenvalue weighted by Crippen LogP contribution is 1.76. The highest BCUT2D eigenvalue weighted by molar-refractivity contribution is 6.04. The molecule has 0 radical (unpaired) electrons. The Bertz CT molecular complexity index is 206. The Kier molecular flexibility index (Phi) is 4.24. The second kappa shape index (κ2) is 5.05. The molecule has 0 saturated heterocycles. The fraction of sp³-hybridized carbons (Fsp3) is 0.400. The molecule has 0 atom stereocenters. The van der Waals surface area contributed by atoms with Crippen molar-refractivity contribution < 1.29 is 14.7 Å². The summed E-state index contributed by atoms with van der Waals surface area (Å²) in [7, 11) is 0. The van der Waals surface area contributed by atoms with Crippen molar-refractivity contribution in [2.75, 3.05) is 6.61 Å². The quantitative estimate of drug-likeness (QED) is 0.243. The predicted molar refractivity (Wildman–Crippen MR) is 35.0 cm³/mol. The molecule has 0 spiro atoms. The van der Waals surface area contributed by atoms with E-state index in [-0.39, 0.29) is 6.61 Å². The molecule has 1 amide bonds. The van der Waals surface area contributed by atoms with Gasteiger partial charge in [0.25, 0.3) is 5.84 Å². The number of hydrogen-bond acceptors (Lipinski definition) is 5. The smallest absolute Gasteiger partial charge is 0.413 e. The van der Waals surface area contributed by atoms with Crippen molar-refractivity contribution >= 4 is 11.9 Å². The van der Waals surface area contributed by atoms with Gasteiger partial charge in [0.1, 0.15) is 6.07 Å². The van der Waals surface area contributed by atoms with Crippen LogP contribution in [0, 0.1) is 11.3 Å². The third kappa shape index (κ3) is 3.75. The van der Waals surface area contributed by atoms with Crippen LogP contribution >= 0.6 is 0 Å². The summed E-state index contributed by atoms with van der Waals surface area (Å²) in [5, 5.41) is 20.5. The summed E-state index contributed by atoms with van der Waals surface area (Å²) in [4.78, 5) is 10.5. The second-order valence-electron chi connectivity index (χ2n) is 1.41. The van der Waals surface area contributed by atoms with E-state index < -0.39 is 11.9 Å². The molecule has 0 bridgehead atoms. The van der Waals surface area contributed by atoms with Gasteiger partial charge in [-0.2, -0.15) is 5.26 Å². The molecule has 0 aliphatic carbocycles. The monoisotopic (exact) mass is 157 g/mol. The largest absolute Gasteiger partial charge is 0.450 e. The second-order valence-corrected chi connectivity index (χ2v) is 1.41. The Balaban J connectivity index is 3.86. The van der Waals surface area contributed by atoms with E-state index >= 15 is 0 Å². The molecule has 0 aliphatic rings. The number of alkyl carbamates (subject to hydrolysis) is 1. The van der Waals surface area contributed by atoms with Crippen LogP contribution in [0.1, 0.15) is 6.92 Å². The molecular weight excluding hydrogens is 150 g/mol. The van der Waals surface area contributed by atoms with E-state index in [1.807, 2.05) is 5.32 Å². The van der Waals surface area contributed by atoms with Crippen LogP contribution in [-0.2, 0) is 4.74 Å². The maximum absolute atomic E-state index is 10.5. The highest BCUT2D eigenvalue weighted by atomic mass is 16.5. The van der Waals surface area contributed by atoms with Gasteiger partial charge in [-0.1, -0.05) is 5.16 Å². The van der Waals surface area contributed by atoms with Crippen molar-refractivity contribution in [3.05, 3.63) is 0 Å². The number of carbonyl (C=O) groups excluding carboxylic acids is 1. The molecule has 60 valence electrons. The maximum Gasteiger partial charge on any atom is 0.413 e. The molecule has 0 saturated carbocycles.